The van der Waals surface area contributed by atoms with Crippen LogP contribution in [0.3, 0.4) is 0 Å². The molecule has 17 heavy (non-hydrogen) atoms. The number of hydrogen-bond donors (Lipinski definition) is 0. The van der Waals surface area contributed by atoms with Crippen LogP contribution in [0, 0.1) is 9.39 Å². The van der Waals surface area contributed by atoms with Crippen LogP contribution in [0.4, 0.5) is 4.39 Å². The average molecular weight is 345 g/mol. The molecule has 2 nitrogen and oxygen atoms in total. The van der Waals surface area contributed by atoms with Crippen molar-refractivity contribution in [3.05, 3.63) is 58.5 Å². The molecule has 0 aromatic heterocycles. The smallest absolute Gasteiger partial charge is 0.258 e. The van der Waals surface area contributed by atoms with Gasteiger partial charge in [-0.2, -0.15) is 0 Å². The summed E-state index contributed by atoms with van der Waals surface area (Å²) in [4.78, 5) is 13.6. The maximum atomic E-state index is 13.6. The summed E-state index contributed by atoms with van der Waals surface area (Å²) in [7, 11) is 0. The first-order valence-corrected chi connectivity index (χ1v) is 6.14. The highest BCUT2D eigenvalue weighted by Gasteiger charge is 2.20. The monoisotopic (exact) mass is 345 g/mol. The lowest BCUT2D eigenvalue weighted by molar-refractivity contribution is 0.0785. The van der Waals surface area contributed by atoms with Crippen molar-refractivity contribution in [2.45, 2.75) is 0 Å². The van der Waals surface area contributed by atoms with Gasteiger partial charge in [-0.05, 0) is 34.7 Å². The van der Waals surface area contributed by atoms with Crippen molar-refractivity contribution in [3.63, 3.8) is 0 Å². The quantitative estimate of drug-likeness (QED) is 0.593. The van der Waals surface area contributed by atoms with Gasteiger partial charge in [-0.15, -0.1) is 13.2 Å². The van der Waals surface area contributed by atoms with E-state index >= 15 is 0 Å². The molecular formula is C13H13FINO. The van der Waals surface area contributed by atoms with Crippen molar-refractivity contribution in [1.82, 2.24) is 4.90 Å². The molecule has 0 aliphatic heterocycles. The van der Waals surface area contributed by atoms with Gasteiger partial charge in [-0.1, -0.05) is 18.2 Å². The number of hydrogen-bond acceptors (Lipinski definition) is 1. The average Bonchev–Trinajstić information content (AvgIpc) is 2.28. The SMILES string of the molecule is C=CCN(CC=C)C(=O)c1c(F)cccc1I. The summed E-state index contributed by atoms with van der Waals surface area (Å²) in [6, 6.07) is 4.57. The van der Waals surface area contributed by atoms with Crippen molar-refractivity contribution < 1.29 is 9.18 Å². The van der Waals surface area contributed by atoms with E-state index in [4.69, 9.17) is 0 Å². The van der Waals surface area contributed by atoms with E-state index in [1.54, 1.807) is 24.3 Å². The van der Waals surface area contributed by atoms with Crippen LogP contribution in [0.5, 0.6) is 0 Å². The van der Waals surface area contributed by atoms with Crippen molar-refractivity contribution in [2.75, 3.05) is 13.1 Å². The Morgan fingerprint density at radius 2 is 1.94 bits per heavy atom. The molecule has 0 radical (unpaired) electrons. The van der Waals surface area contributed by atoms with Gasteiger partial charge in [0.05, 0.1) is 5.56 Å². The van der Waals surface area contributed by atoms with Gasteiger partial charge >= 0.3 is 0 Å². The molecule has 0 heterocycles. The molecule has 0 saturated carbocycles. The molecule has 0 aliphatic rings. The maximum absolute atomic E-state index is 13.6. The molecule has 0 N–H and O–H groups in total. The van der Waals surface area contributed by atoms with E-state index < -0.39 is 5.82 Å². The first-order chi connectivity index (χ1) is 8.11. The predicted molar refractivity (Wildman–Crippen MR) is 75.4 cm³/mol. The van der Waals surface area contributed by atoms with Gasteiger partial charge < -0.3 is 4.90 Å². The second-order valence-electron chi connectivity index (χ2n) is 3.38. The van der Waals surface area contributed by atoms with Crippen LogP contribution in [0.1, 0.15) is 10.4 Å². The van der Waals surface area contributed by atoms with Crippen LogP contribution in [-0.4, -0.2) is 23.9 Å². The van der Waals surface area contributed by atoms with Gasteiger partial charge in [0.1, 0.15) is 5.82 Å². The Labute approximate surface area is 114 Å². The zero-order chi connectivity index (χ0) is 12.8. The highest BCUT2D eigenvalue weighted by molar-refractivity contribution is 14.1. The molecule has 0 bridgehead atoms. The Morgan fingerprint density at radius 3 is 2.41 bits per heavy atom. The van der Waals surface area contributed by atoms with Crippen LogP contribution in [-0.2, 0) is 0 Å². The molecule has 90 valence electrons. The number of carbonyl (C=O) groups excluding carboxylic acids is 1. The number of rotatable bonds is 5. The molecule has 0 unspecified atom stereocenters. The zero-order valence-electron chi connectivity index (χ0n) is 9.33. The minimum atomic E-state index is -0.500. The van der Waals surface area contributed by atoms with Crippen molar-refractivity contribution in [1.29, 1.82) is 0 Å². The van der Waals surface area contributed by atoms with Crippen LogP contribution in [0.15, 0.2) is 43.5 Å². The largest absolute Gasteiger partial charge is 0.331 e. The van der Waals surface area contributed by atoms with Gasteiger partial charge in [0.25, 0.3) is 5.91 Å². The summed E-state index contributed by atoms with van der Waals surface area (Å²) in [6.07, 6.45) is 3.21. The van der Waals surface area contributed by atoms with E-state index in [1.807, 2.05) is 22.6 Å². The summed E-state index contributed by atoms with van der Waals surface area (Å²) in [5.74, 6) is -0.840. The van der Waals surface area contributed by atoms with Gasteiger partial charge in [0.15, 0.2) is 0 Å². The fraction of sp³-hybridized carbons (Fsp3) is 0.154. The van der Waals surface area contributed by atoms with Gasteiger partial charge in [-0.25, -0.2) is 4.39 Å². The van der Waals surface area contributed by atoms with E-state index in [-0.39, 0.29) is 11.5 Å². The third kappa shape index (κ3) is 3.39. The van der Waals surface area contributed by atoms with Gasteiger partial charge in [-0.3, -0.25) is 4.79 Å². The van der Waals surface area contributed by atoms with Crippen molar-refractivity contribution >= 4 is 28.5 Å². The Kier molecular flexibility index (Phi) is 5.34. The molecule has 4 heteroatoms. The van der Waals surface area contributed by atoms with Crippen molar-refractivity contribution in [2.24, 2.45) is 0 Å². The van der Waals surface area contributed by atoms with E-state index in [2.05, 4.69) is 13.2 Å². The molecular weight excluding hydrogens is 332 g/mol. The highest BCUT2D eigenvalue weighted by Crippen LogP contribution is 2.18. The fourth-order valence-corrected chi connectivity index (χ4v) is 2.11. The second-order valence-corrected chi connectivity index (χ2v) is 4.55. The number of amides is 1. The molecule has 0 atom stereocenters. The second kappa shape index (κ2) is 6.54. The summed E-state index contributed by atoms with van der Waals surface area (Å²) in [6.45, 7) is 7.90. The third-order valence-electron chi connectivity index (χ3n) is 2.16. The number of benzene rings is 1. The fourth-order valence-electron chi connectivity index (χ4n) is 1.41. The Hall–Kier alpha value is -1.17. The van der Waals surface area contributed by atoms with Gasteiger partial charge in [0, 0.05) is 16.7 Å². The summed E-state index contributed by atoms with van der Waals surface area (Å²) >= 11 is 1.95. The topological polar surface area (TPSA) is 20.3 Å². The molecule has 0 fully saturated rings. The first kappa shape index (κ1) is 13.9. The van der Waals surface area contributed by atoms with E-state index in [9.17, 15) is 9.18 Å². The van der Waals surface area contributed by atoms with E-state index in [1.165, 1.54) is 11.0 Å². The maximum Gasteiger partial charge on any atom is 0.258 e. The minimum absolute atomic E-state index is 0.108. The molecule has 1 rings (SSSR count). The normalized spacial score (nSPS) is 9.76. The van der Waals surface area contributed by atoms with E-state index in [0.717, 1.165) is 0 Å². The van der Waals surface area contributed by atoms with Crippen LogP contribution < -0.4 is 0 Å². The van der Waals surface area contributed by atoms with Gasteiger partial charge in [0.2, 0.25) is 0 Å². The van der Waals surface area contributed by atoms with Crippen LogP contribution >= 0.6 is 22.6 Å². The molecule has 1 aromatic rings. The summed E-state index contributed by atoms with van der Waals surface area (Å²) in [5.41, 5.74) is 0.108. The molecule has 0 saturated heterocycles. The molecule has 0 aliphatic carbocycles. The van der Waals surface area contributed by atoms with Crippen LogP contribution in [0.25, 0.3) is 0 Å². The molecule has 1 amide bonds. The Bertz CT molecular complexity index is 415. The molecule has 0 spiro atoms. The standard InChI is InChI=1S/C13H13FINO/c1-3-8-16(9-4-2)13(17)12-10(14)6-5-7-11(12)15/h3-7H,1-2,8-9H2. The summed E-state index contributed by atoms with van der Waals surface area (Å²) in [5, 5.41) is 0. The third-order valence-corrected chi connectivity index (χ3v) is 3.06. The minimum Gasteiger partial charge on any atom is -0.331 e. The zero-order valence-corrected chi connectivity index (χ0v) is 11.5. The predicted octanol–water partition coefficient (Wildman–Crippen LogP) is 3.24. The Morgan fingerprint density at radius 1 is 1.35 bits per heavy atom. The lowest BCUT2D eigenvalue weighted by Crippen LogP contribution is -2.32. The number of carbonyl (C=O) groups is 1. The lowest BCUT2D eigenvalue weighted by Gasteiger charge is -2.20. The highest BCUT2D eigenvalue weighted by atomic mass is 127. The number of nitrogens with zero attached hydrogens (tertiary/aromatic N) is 1. The number of halogens is 2. The van der Waals surface area contributed by atoms with Crippen molar-refractivity contribution in [3.8, 4) is 0 Å². The summed E-state index contributed by atoms with van der Waals surface area (Å²) < 4.78 is 14.2. The first-order valence-electron chi connectivity index (χ1n) is 5.07. The van der Waals surface area contributed by atoms with E-state index in [0.29, 0.717) is 16.7 Å². The molecule has 1 aromatic carbocycles. The van der Waals surface area contributed by atoms with Crippen LogP contribution in [0.2, 0.25) is 0 Å². The lowest BCUT2D eigenvalue weighted by atomic mass is 10.2. The Balaban J connectivity index is 3.08.